The lowest BCUT2D eigenvalue weighted by molar-refractivity contribution is 0.440. The van der Waals surface area contributed by atoms with Crippen LogP contribution in [0.25, 0.3) is 0 Å². The van der Waals surface area contributed by atoms with Gasteiger partial charge in [0.25, 0.3) is 0 Å². The highest BCUT2D eigenvalue weighted by Crippen LogP contribution is 2.14. The molecule has 0 atom stereocenters. The second kappa shape index (κ2) is 7.27. The second-order valence-corrected chi connectivity index (χ2v) is 5.40. The fourth-order valence-electron chi connectivity index (χ4n) is 1.71. The third-order valence-corrected chi connectivity index (χ3v) is 3.72. The highest BCUT2D eigenvalue weighted by Gasteiger charge is 2.05. The van der Waals surface area contributed by atoms with Crippen molar-refractivity contribution in [3.8, 4) is 0 Å². The van der Waals surface area contributed by atoms with E-state index in [2.05, 4.69) is 4.99 Å². The van der Waals surface area contributed by atoms with Crippen LogP contribution in [0.15, 0.2) is 4.99 Å². The van der Waals surface area contributed by atoms with Crippen LogP contribution < -0.4 is 0 Å². The molecule has 13 heavy (non-hydrogen) atoms. The summed E-state index contributed by atoms with van der Waals surface area (Å²) in [5, 5.41) is 0. The highest BCUT2D eigenvalue weighted by molar-refractivity contribution is 6.26. The van der Waals surface area contributed by atoms with E-state index in [1.54, 1.807) is 0 Å². The Morgan fingerprint density at radius 2 is 2.08 bits per heavy atom. The minimum atomic E-state index is -0.196. The maximum absolute atomic E-state index is 5.12. The minimum Gasteiger partial charge on any atom is -0.427 e. The van der Waals surface area contributed by atoms with E-state index in [-0.39, 0.29) is 9.76 Å². The van der Waals surface area contributed by atoms with E-state index in [4.69, 9.17) is 4.43 Å². The van der Waals surface area contributed by atoms with Crippen LogP contribution >= 0.6 is 0 Å². The van der Waals surface area contributed by atoms with Crippen molar-refractivity contribution in [2.75, 3.05) is 13.7 Å². The van der Waals surface area contributed by atoms with Crippen molar-refractivity contribution in [2.24, 2.45) is 4.99 Å². The van der Waals surface area contributed by atoms with Crippen LogP contribution in [0.3, 0.4) is 0 Å². The Hall–Kier alpha value is -0.153. The number of hydrogen-bond acceptors (Lipinski definition) is 2. The summed E-state index contributed by atoms with van der Waals surface area (Å²) in [6.07, 6.45) is 7.92. The summed E-state index contributed by atoms with van der Waals surface area (Å²) in [5.74, 6) is 0. The number of aliphatic imine (C=N–C) groups is 1. The van der Waals surface area contributed by atoms with Crippen LogP contribution in [-0.2, 0) is 4.43 Å². The maximum Gasteiger partial charge on any atom is 0.161 e. The molecule has 1 saturated carbocycles. The average Bonchev–Trinajstić information content (AvgIpc) is 2.19. The summed E-state index contributed by atoms with van der Waals surface area (Å²) >= 11 is 0. The second-order valence-electron chi connectivity index (χ2n) is 3.71. The molecule has 0 bridgehead atoms. The van der Waals surface area contributed by atoms with E-state index >= 15 is 0 Å². The lowest BCUT2D eigenvalue weighted by atomic mass is 9.98. The van der Waals surface area contributed by atoms with E-state index in [9.17, 15) is 0 Å². The first-order valence-electron chi connectivity index (χ1n) is 5.44. The molecule has 0 heterocycles. The van der Waals surface area contributed by atoms with Crippen LogP contribution in [-0.4, -0.2) is 29.1 Å². The zero-order chi connectivity index (χ0) is 9.36. The summed E-state index contributed by atoms with van der Waals surface area (Å²) in [5.41, 5.74) is 1.48. The summed E-state index contributed by atoms with van der Waals surface area (Å²) in [4.78, 5) is 4.64. The molecule has 1 fully saturated rings. The molecule has 0 amide bonds. The number of rotatable bonds is 5. The summed E-state index contributed by atoms with van der Waals surface area (Å²) in [7, 11) is 1.62. The predicted octanol–water partition coefficient (Wildman–Crippen LogP) is 1.93. The molecule has 2 nitrogen and oxygen atoms in total. The predicted molar refractivity (Wildman–Crippen MR) is 60.4 cm³/mol. The first-order valence-corrected chi connectivity index (χ1v) is 7.02. The van der Waals surface area contributed by atoms with Gasteiger partial charge in [-0.25, -0.2) is 0 Å². The highest BCUT2D eigenvalue weighted by atomic mass is 28.2. The molecule has 3 heteroatoms. The van der Waals surface area contributed by atoms with E-state index in [1.807, 2.05) is 7.11 Å². The van der Waals surface area contributed by atoms with E-state index < -0.39 is 0 Å². The Labute approximate surface area is 83.7 Å². The summed E-state index contributed by atoms with van der Waals surface area (Å²) < 4.78 is 5.12. The molecule has 0 aromatic carbocycles. The SMILES string of the molecule is CO[SiH2]CCCN=C1CCCCC1. The summed E-state index contributed by atoms with van der Waals surface area (Å²) in [6, 6.07) is 1.28. The number of nitrogens with zero attached hydrogens (tertiary/aromatic N) is 1. The normalized spacial score (nSPS) is 18.4. The molecule has 0 saturated heterocycles. The lowest BCUT2D eigenvalue weighted by Crippen LogP contribution is -2.05. The van der Waals surface area contributed by atoms with Crippen LogP contribution in [0.1, 0.15) is 38.5 Å². The number of hydrogen-bond donors (Lipinski definition) is 0. The molecule has 0 aromatic rings. The first-order chi connectivity index (χ1) is 6.43. The van der Waals surface area contributed by atoms with Crippen molar-refractivity contribution in [1.29, 1.82) is 0 Å². The van der Waals surface area contributed by atoms with Crippen molar-refractivity contribution in [1.82, 2.24) is 0 Å². The van der Waals surface area contributed by atoms with E-state index in [1.165, 1.54) is 50.3 Å². The first kappa shape index (κ1) is 10.9. The molecule has 0 aliphatic heterocycles. The Kier molecular flexibility index (Phi) is 6.11. The molecule has 1 aliphatic rings. The molecule has 0 radical (unpaired) electrons. The smallest absolute Gasteiger partial charge is 0.161 e. The quantitative estimate of drug-likeness (QED) is 0.490. The Bertz CT molecular complexity index is 151. The minimum absolute atomic E-state index is 0.196. The fraction of sp³-hybridized carbons (Fsp3) is 0.900. The largest absolute Gasteiger partial charge is 0.427 e. The van der Waals surface area contributed by atoms with Gasteiger partial charge in [0, 0.05) is 19.4 Å². The average molecular weight is 199 g/mol. The van der Waals surface area contributed by atoms with Crippen LogP contribution in [0, 0.1) is 0 Å². The van der Waals surface area contributed by atoms with Gasteiger partial charge in [-0.3, -0.25) is 4.99 Å². The standard InChI is InChI=1S/C10H21NOSi/c1-12-13-9-5-8-11-10-6-3-2-4-7-10/h2-9,13H2,1H3. The third-order valence-electron chi connectivity index (χ3n) is 2.52. The fourth-order valence-corrected chi connectivity index (χ4v) is 2.43. The molecule has 1 rings (SSSR count). The van der Waals surface area contributed by atoms with Gasteiger partial charge in [0.1, 0.15) is 0 Å². The Morgan fingerprint density at radius 3 is 2.77 bits per heavy atom. The third kappa shape index (κ3) is 5.21. The van der Waals surface area contributed by atoms with Gasteiger partial charge in [-0.15, -0.1) is 0 Å². The lowest BCUT2D eigenvalue weighted by Gasteiger charge is -2.11. The van der Waals surface area contributed by atoms with Gasteiger partial charge in [-0.1, -0.05) is 6.42 Å². The van der Waals surface area contributed by atoms with E-state index in [0.717, 1.165) is 6.54 Å². The molecule has 0 aromatic heterocycles. The van der Waals surface area contributed by atoms with Crippen molar-refractivity contribution in [3.05, 3.63) is 0 Å². The monoisotopic (exact) mass is 199 g/mol. The van der Waals surface area contributed by atoms with Crippen LogP contribution in [0.2, 0.25) is 6.04 Å². The van der Waals surface area contributed by atoms with E-state index in [0.29, 0.717) is 0 Å². The van der Waals surface area contributed by atoms with Gasteiger partial charge in [0.15, 0.2) is 9.76 Å². The van der Waals surface area contributed by atoms with Gasteiger partial charge < -0.3 is 4.43 Å². The van der Waals surface area contributed by atoms with Crippen molar-refractivity contribution in [2.45, 2.75) is 44.6 Å². The Balaban J connectivity index is 2.01. The van der Waals surface area contributed by atoms with Gasteiger partial charge in [-0.05, 0) is 38.1 Å². The van der Waals surface area contributed by atoms with Gasteiger partial charge in [0.2, 0.25) is 0 Å². The van der Waals surface area contributed by atoms with Crippen LogP contribution in [0.4, 0.5) is 0 Å². The zero-order valence-corrected chi connectivity index (χ0v) is 10.1. The molecule has 0 spiro atoms. The molecule has 76 valence electrons. The van der Waals surface area contributed by atoms with Gasteiger partial charge in [-0.2, -0.15) is 0 Å². The zero-order valence-electron chi connectivity index (χ0n) is 8.72. The molecule has 0 N–H and O–H groups in total. The molecular formula is C10H21NOSi. The van der Waals surface area contributed by atoms with Crippen LogP contribution in [0.5, 0.6) is 0 Å². The topological polar surface area (TPSA) is 21.6 Å². The van der Waals surface area contributed by atoms with Gasteiger partial charge >= 0.3 is 0 Å². The van der Waals surface area contributed by atoms with Crippen molar-refractivity contribution in [3.63, 3.8) is 0 Å². The molecular weight excluding hydrogens is 178 g/mol. The molecule has 0 unspecified atom stereocenters. The van der Waals surface area contributed by atoms with Crippen molar-refractivity contribution < 1.29 is 4.43 Å². The van der Waals surface area contributed by atoms with Crippen molar-refractivity contribution >= 4 is 15.5 Å². The molecule has 1 aliphatic carbocycles. The Morgan fingerprint density at radius 1 is 1.31 bits per heavy atom. The summed E-state index contributed by atoms with van der Waals surface area (Å²) in [6.45, 7) is 1.05. The maximum atomic E-state index is 5.12. The van der Waals surface area contributed by atoms with Gasteiger partial charge in [0.05, 0.1) is 0 Å².